The van der Waals surface area contributed by atoms with E-state index in [0.717, 1.165) is 16.6 Å². The van der Waals surface area contributed by atoms with Gasteiger partial charge in [-0.05, 0) is 35.9 Å². The normalized spacial score (nSPS) is 12.3. The van der Waals surface area contributed by atoms with Gasteiger partial charge >= 0.3 is 0 Å². The maximum Gasteiger partial charge on any atom is 0.194 e. The molecule has 0 N–H and O–H groups in total. The first-order chi connectivity index (χ1) is 9.43. The Hall–Kier alpha value is -1.01. The Morgan fingerprint density at radius 3 is 2.20 bits per heavy atom. The summed E-state index contributed by atoms with van der Waals surface area (Å²) in [6.07, 6.45) is 0. The number of halogens is 5. The van der Waals surface area contributed by atoms with Crippen LogP contribution in [0.1, 0.15) is 16.0 Å². The molecule has 6 heteroatoms. The zero-order valence-electron chi connectivity index (χ0n) is 10.3. The van der Waals surface area contributed by atoms with Crippen molar-refractivity contribution in [1.82, 2.24) is 0 Å². The van der Waals surface area contributed by atoms with Crippen LogP contribution >= 0.6 is 31.9 Å². The Kier molecular flexibility index (Phi) is 4.75. The molecule has 2 rings (SSSR count). The van der Waals surface area contributed by atoms with Crippen LogP contribution in [0.3, 0.4) is 0 Å². The lowest BCUT2D eigenvalue weighted by Gasteiger charge is -2.15. The van der Waals surface area contributed by atoms with Gasteiger partial charge in [-0.25, -0.2) is 13.2 Å². The molecular formula is C14H9Br2F3O. The maximum absolute atomic E-state index is 13.3. The van der Waals surface area contributed by atoms with Crippen molar-refractivity contribution < 1.29 is 17.9 Å². The zero-order valence-corrected chi connectivity index (χ0v) is 13.4. The number of methoxy groups -OCH3 is 1. The largest absolute Gasteiger partial charge is 0.496 e. The van der Waals surface area contributed by atoms with Crippen molar-refractivity contribution in [2.45, 2.75) is 4.83 Å². The van der Waals surface area contributed by atoms with Crippen molar-refractivity contribution in [1.29, 1.82) is 0 Å². The summed E-state index contributed by atoms with van der Waals surface area (Å²) in [4.78, 5) is -0.528. The van der Waals surface area contributed by atoms with E-state index in [4.69, 9.17) is 4.74 Å². The topological polar surface area (TPSA) is 9.23 Å². The molecule has 0 aliphatic rings. The Labute approximate surface area is 131 Å². The van der Waals surface area contributed by atoms with Crippen LogP contribution in [0.2, 0.25) is 0 Å². The van der Waals surface area contributed by atoms with Crippen molar-refractivity contribution in [2.24, 2.45) is 0 Å². The monoisotopic (exact) mass is 408 g/mol. The molecule has 1 unspecified atom stereocenters. The van der Waals surface area contributed by atoms with Crippen LogP contribution in [0.5, 0.6) is 5.75 Å². The highest BCUT2D eigenvalue weighted by Gasteiger charge is 2.20. The smallest absolute Gasteiger partial charge is 0.194 e. The molecule has 0 saturated carbocycles. The van der Waals surface area contributed by atoms with Crippen molar-refractivity contribution >= 4 is 31.9 Å². The maximum atomic E-state index is 13.3. The average molecular weight is 410 g/mol. The molecule has 20 heavy (non-hydrogen) atoms. The lowest BCUT2D eigenvalue weighted by molar-refractivity contribution is 0.410. The van der Waals surface area contributed by atoms with Crippen molar-refractivity contribution in [2.75, 3.05) is 7.11 Å². The SMILES string of the molecule is COc1ccc(Br)cc1C(Br)c1cc(F)c(F)c(F)c1. The van der Waals surface area contributed by atoms with Gasteiger partial charge in [-0.3, -0.25) is 0 Å². The molecule has 0 bridgehead atoms. The highest BCUT2D eigenvalue weighted by atomic mass is 79.9. The average Bonchev–Trinajstić information content (AvgIpc) is 2.43. The van der Waals surface area contributed by atoms with Crippen LogP contribution in [-0.2, 0) is 0 Å². The fourth-order valence-corrected chi connectivity index (χ4v) is 2.81. The molecule has 0 aliphatic heterocycles. The Balaban J connectivity index is 2.51. The lowest BCUT2D eigenvalue weighted by Crippen LogP contribution is -2.00. The van der Waals surface area contributed by atoms with Crippen LogP contribution in [-0.4, -0.2) is 7.11 Å². The number of benzene rings is 2. The van der Waals surface area contributed by atoms with Gasteiger partial charge in [0.2, 0.25) is 0 Å². The van der Waals surface area contributed by atoms with Crippen LogP contribution in [0.15, 0.2) is 34.8 Å². The van der Waals surface area contributed by atoms with E-state index in [0.29, 0.717) is 11.3 Å². The van der Waals surface area contributed by atoms with Crippen LogP contribution < -0.4 is 4.74 Å². The molecule has 0 aliphatic carbocycles. The molecule has 0 fully saturated rings. The molecule has 0 radical (unpaired) electrons. The van der Waals surface area contributed by atoms with E-state index in [1.165, 1.54) is 7.11 Å². The first-order valence-electron chi connectivity index (χ1n) is 5.56. The minimum absolute atomic E-state index is 0.262. The van der Waals surface area contributed by atoms with E-state index in [2.05, 4.69) is 31.9 Å². The first-order valence-corrected chi connectivity index (χ1v) is 7.27. The summed E-state index contributed by atoms with van der Waals surface area (Å²) in [5, 5.41) is 0. The third kappa shape index (κ3) is 3.01. The Morgan fingerprint density at radius 1 is 1.05 bits per heavy atom. The number of rotatable bonds is 3. The first kappa shape index (κ1) is 15.4. The lowest BCUT2D eigenvalue weighted by atomic mass is 10.0. The molecule has 1 atom stereocenters. The van der Waals surface area contributed by atoms with E-state index in [-0.39, 0.29) is 5.56 Å². The summed E-state index contributed by atoms with van der Waals surface area (Å²) < 4.78 is 45.6. The fraction of sp³-hybridized carbons (Fsp3) is 0.143. The van der Waals surface area contributed by atoms with E-state index in [9.17, 15) is 13.2 Å². The molecule has 0 heterocycles. The number of alkyl halides is 1. The van der Waals surface area contributed by atoms with Gasteiger partial charge in [0, 0.05) is 10.0 Å². The summed E-state index contributed by atoms with van der Waals surface area (Å²) in [5.74, 6) is -3.37. The predicted molar refractivity (Wildman–Crippen MR) is 77.8 cm³/mol. The molecule has 2 aromatic carbocycles. The van der Waals surface area contributed by atoms with E-state index < -0.39 is 22.3 Å². The van der Waals surface area contributed by atoms with E-state index in [1.54, 1.807) is 18.2 Å². The summed E-state index contributed by atoms with van der Waals surface area (Å²) in [6, 6.07) is 7.19. The van der Waals surface area contributed by atoms with Gasteiger partial charge in [0.1, 0.15) is 5.75 Å². The molecule has 0 saturated heterocycles. The molecule has 0 aromatic heterocycles. The standard InChI is InChI=1S/C14H9Br2F3O/c1-20-12-3-2-8(15)6-9(12)13(16)7-4-10(17)14(19)11(18)5-7/h2-6,13H,1H3. The summed E-state index contributed by atoms with van der Waals surface area (Å²) in [7, 11) is 1.50. The van der Waals surface area contributed by atoms with Gasteiger partial charge in [-0.2, -0.15) is 0 Å². The third-order valence-electron chi connectivity index (χ3n) is 2.76. The van der Waals surface area contributed by atoms with Crippen LogP contribution in [0.4, 0.5) is 13.2 Å². The van der Waals surface area contributed by atoms with Gasteiger partial charge < -0.3 is 4.74 Å². The minimum atomic E-state index is -1.48. The van der Waals surface area contributed by atoms with Gasteiger partial charge in [0.15, 0.2) is 17.5 Å². The van der Waals surface area contributed by atoms with Crippen LogP contribution in [0.25, 0.3) is 0 Å². The van der Waals surface area contributed by atoms with Gasteiger partial charge in [0.25, 0.3) is 0 Å². The Bertz CT molecular complexity index is 623. The molecule has 0 spiro atoms. The van der Waals surface area contributed by atoms with Crippen molar-refractivity contribution in [3.8, 4) is 5.75 Å². The van der Waals surface area contributed by atoms with Crippen molar-refractivity contribution in [3.63, 3.8) is 0 Å². The fourth-order valence-electron chi connectivity index (χ4n) is 1.80. The summed E-state index contributed by atoms with van der Waals surface area (Å²) >= 11 is 6.68. The zero-order chi connectivity index (χ0) is 14.9. The number of hydrogen-bond donors (Lipinski definition) is 0. The second-order valence-electron chi connectivity index (χ2n) is 4.05. The summed E-state index contributed by atoms with van der Waals surface area (Å²) in [5.41, 5.74) is 0.935. The molecule has 1 nitrogen and oxygen atoms in total. The Morgan fingerprint density at radius 2 is 1.65 bits per heavy atom. The predicted octanol–water partition coefficient (Wildman–Crippen LogP) is 5.36. The highest BCUT2D eigenvalue weighted by molar-refractivity contribution is 9.10. The quantitative estimate of drug-likeness (QED) is 0.489. The van der Waals surface area contributed by atoms with E-state index in [1.807, 2.05) is 0 Å². The summed E-state index contributed by atoms with van der Waals surface area (Å²) in [6.45, 7) is 0. The molecule has 2 aromatic rings. The number of ether oxygens (including phenoxy) is 1. The van der Waals surface area contributed by atoms with Gasteiger partial charge in [0.05, 0.1) is 11.9 Å². The third-order valence-corrected chi connectivity index (χ3v) is 4.28. The molecule has 0 amide bonds. The van der Waals surface area contributed by atoms with Gasteiger partial charge in [-0.15, -0.1) is 0 Å². The van der Waals surface area contributed by atoms with Gasteiger partial charge in [-0.1, -0.05) is 31.9 Å². The highest BCUT2D eigenvalue weighted by Crippen LogP contribution is 2.38. The van der Waals surface area contributed by atoms with E-state index >= 15 is 0 Å². The molecular weight excluding hydrogens is 401 g/mol. The second-order valence-corrected chi connectivity index (χ2v) is 5.88. The van der Waals surface area contributed by atoms with Crippen molar-refractivity contribution in [3.05, 3.63) is 63.4 Å². The minimum Gasteiger partial charge on any atom is -0.496 e. The molecule has 106 valence electrons. The van der Waals surface area contributed by atoms with Crippen LogP contribution in [0, 0.1) is 17.5 Å². The second kappa shape index (κ2) is 6.18. The number of hydrogen-bond acceptors (Lipinski definition) is 1.